The van der Waals surface area contributed by atoms with E-state index in [1.807, 2.05) is 11.9 Å². The highest BCUT2D eigenvalue weighted by molar-refractivity contribution is 5.69. The quantitative estimate of drug-likeness (QED) is 0.429. The fourth-order valence-corrected chi connectivity index (χ4v) is 1.76. The standard InChI is InChI=1S/C13H18N2O5/c1-14(7-6-13(16)20-3)9-10-8-11(15(17)18)4-5-12(10)19-2/h4-5,8H,6-7,9H2,1-3H3. The zero-order valence-electron chi connectivity index (χ0n) is 11.8. The topological polar surface area (TPSA) is 81.9 Å². The van der Waals surface area contributed by atoms with Gasteiger partial charge in [-0.2, -0.15) is 0 Å². The van der Waals surface area contributed by atoms with Crippen molar-refractivity contribution in [2.24, 2.45) is 0 Å². The molecule has 110 valence electrons. The molecule has 0 aromatic heterocycles. The lowest BCUT2D eigenvalue weighted by molar-refractivity contribution is -0.384. The Morgan fingerprint density at radius 1 is 1.40 bits per heavy atom. The van der Waals surface area contributed by atoms with E-state index in [0.717, 1.165) is 0 Å². The molecule has 1 aromatic carbocycles. The smallest absolute Gasteiger partial charge is 0.306 e. The molecule has 0 saturated heterocycles. The van der Waals surface area contributed by atoms with Gasteiger partial charge >= 0.3 is 5.97 Å². The van der Waals surface area contributed by atoms with E-state index >= 15 is 0 Å². The number of ether oxygens (including phenoxy) is 2. The minimum Gasteiger partial charge on any atom is -0.496 e. The Bertz CT molecular complexity index is 490. The van der Waals surface area contributed by atoms with Crippen molar-refractivity contribution in [3.63, 3.8) is 0 Å². The molecule has 0 bridgehead atoms. The SMILES string of the molecule is COC(=O)CCN(C)Cc1cc([N+](=O)[O-])ccc1OC. The molecule has 7 nitrogen and oxygen atoms in total. The average Bonchev–Trinajstić information content (AvgIpc) is 2.44. The number of carbonyl (C=O) groups is 1. The summed E-state index contributed by atoms with van der Waals surface area (Å²) in [4.78, 5) is 23.3. The van der Waals surface area contributed by atoms with Gasteiger partial charge in [0.1, 0.15) is 5.75 Å². The first-order valence-electron chi connectivity index (χ1n) is 6.04. The van der Waals surface area contributed by atoms with Gasteiger partial charge in [-0.05, 0) is 13.1 Å². The van der Waals surface area contributed by atoms with E-state index < -0.39 is 4.92 Å². The Morgan fingerprint density at radius 3 is 2.65 bits per heavy atom. The van der Waals surface area contributed by atoms with Gasteiger partial charge in [-0.15, -0.1) is 0 Å². The summed E-state index contributed by atoms with van der Waals surface area (Å²) in [5, 5.41) is 10.8. The zero-order chi connectivity index (χ0) is 15.1. The van der Waals surface area contributed by atoms with E-state index in [9.17, 15) is 14.9 Å². The maximum absolute atomic E-state index is 11.1. The summed E-state index contributed by atoms with van der Waals surface area (Å²) in [5.41, 5.74) is 0.719. The van der Waals surface area contributed by atoms with Gasteiger partial charge in [-0.3, -0.25) is 14.9 Å². The van der Waals surface area contributed by atoms with Gasteiger partial charge in [0.15, 0.2) is 0 Å². The van der Waals surface area contributed by atoms with Crippen LogP contribution in [0.25, 0.3) is 0 Å². The molecule has 0 aliphatic heterocycles. The number of hydrogen-bond donors (Lipinski definition) is 0. The second-order valence-corrected chi connectivity index (χ2v) is 4.32. The normalized spacial score (nSPS) is 10.4. The molecular formula is C13H18N2O5. The summed E-state index contributed by atoms with van der Waals surface area (Å²) in [6, 6.07) is 4.45. The number of nitrogens with zero attached hydrogens (tertiary/aromatic N) is 2. The summed E-state index contributed by atoms with van der Waals surface area (Å²) in [7, 11) is 4.67. The van der Waals surface area contributed by atoms with Crippen LogP contribution in [-0.2, 0) is 16.1 Å². The zero-order valence-corrected chi connectivity index (χ0v) is 11.8. The van der Waals surface area contributed by atoms with Crippen molar-refractivity contribution in [2.45, 2.75) is 13.0 Å². The van der Waals surface area contributed by atoms with E-state index in [4.69, 9.17) is 4.74 Å². The summed E-state index contributed by atoms with van der Waals surface area (Å²) in [6.07, 6.45) is 0.268. The number of nitro benzene ring substituents is 1. The van der Waals surface area contributed by atoms with Gasteiger partial charge in [0.2, 0.25) is 0 Å². The van der Waals surface area contributed by atoms with Crippen molar-refractivity contribution in [3.05, 3.63) is 33.9 Å². The second kappa shape index (κ2) is 7.44. The Kier molecular flexibility index (Phi) is 5.92. The van der Waals surface area contributed by atoms with Gasteiger partial charge in [0, 0.05) is 30.8 Å². The number of nitro groups is 1. The van der Waals surface area contributed by atoms with Gasteiger partial charge in [0.25, 0.3) is 5.69 Å². The summed E-state index contributed by atoms with van der Waals surface area (Å²) < 4.78 is 9.75. The molecule has 0 N–H and O–H groups in total. The summed E-state index contributed by atoms with van der Waals surface area (Å²) in [6.45, 7) is 0.945. The van der Waals surface area contributed by atoms with Crippen molar-refractivity contribution >= 4 is 11.7 Å². The fourth-order valence-electron chi connectivity index (χ4n) is 1.76. The van der Waals surface area contributed by atoms with Crippen molar-refractivity contribution in [2.75, 3.05) is 27.8 Å². The summed E-state index contributed by atoms with van der Waals surface area (Å²) in [5.74, 6) is 0.295. The maximum atomic E-state index is 11.1. The highest BCUT2D eigenvalue weighted by Gasteiger charge is 2.13. The van der Waals surface area contributed by atoms with Crippen LogP contribution < -0.4 is 4.74 Å². The molecule has 0 fully saturated rings. The third kappa shape index (κ3) is 4.51. The highest BCUT2D eigenvalue weighted by Crippen LogP contribution is 2.25. The van der Waals surface area contributed by atoms with Crippen molar-refractivity contribution in [1.29, 1.82) is 0 Å². The van der Waals surface area contributed by atoms with Crippen LogP contribution >= 0.6 is 0 Å². The number of methoxy groups -OCH3 is 2. The Morgan fingerprint density at radius 2 is 2.10 bits per heavy atom. The molecule has 0 saturated carbocycles. The van der Waals surface area contributed by atoms with Crippen molar-refractivity contribution < 1.29 is 19.2 Å². The minimum absolute atomic E-state index is 0.0159. The first-order valence-corrected chi connectivity index (χ1v) is 6.04. The number of rotatable bonds is 7. The average molecular weight is 282 g/mol. The van der Waals surface area contributed by atoms with E-state index in [1.54, 1.807) is 6.07 Å². The molecular weight excluding hydrogens is 264 g/mol. The molecule has 20 heavy (non-hydrogen) atoms. The number of esters is 1. The molecule has 0 spiro atoms. The maximum Gasteiger partial charge on any atom is 0.306 e. The molecule has 1 rings (SSSR count). The lowest BCUT2D eigenvalue weighted by Crippen LogP contribution is -2.22. The van der Waals surface area contributed by atoms with E-state index in [1.165, 1.54) is 26.4 Å². The Balaban J connectivity index is 2.76. The van der Waals surface area contributed by atoms with Gasteiger partial charge in [0.05, 0.1) is 25.6 Å². The Hall–Kier alpha value is -2.15. The highest BCUT2D eigenvalue weighted by atomic mass is 16.6. The fraction of sp³-hybridized carbons (Fsp3) is 0.462. The molecule has 0 radical (unpaired) electrons. The van der Waals surface area contributed by atoms with Gasteiger partial charge in [-0.1, -0.05) is 0 Å². The molecule has 0 unspecified atom stereocenters. The second-order valence-electron chi connectivity index (χ2n) is 4.32. The van der Waals surface area contributed by atoms with E-state index in [0.29, 0.717) is 24.4 Å². The van der Waals surface area contributed by atoms with Crippen LogP contribution in [0.1, 0.15) is 12.0 Å². The molecule has 0 atom stereocenters. The van der Waals surface area contributed by atoms with Crippen LogP contribution in [0.5, 0.6) is 5.75 Å². The number of non-ortho nitro benzene ring substituents is 1. The largest absolute Gasteiger partial charge is 0.496 e. The summed E-state index contributed by atoms with van der Waals surface area (Å²) >= 11 is 0. The molecule has 0 heterocycles. The number of benzene rings is 1. The first-order chi connectivity index (χ1) is 9.47. The van der Waals surface area contributed by atoms with Crippen LogP contribution in [-0.4, -0.2) is 43.6 Å². The van der Waals surface area contributed by atoms with Crippen LogP contribution in [0.15, 0.2) is 18.2 Å². The van der Waals surface area contributed by atoms with Gasteiger partial charge < -0.3 is 14.4 Å². The van der Waals surface area contributed by atoms with Crippen LogP contribution in [0, 0.1) is 10.1 Å². The lowest BCUT2D eigenvalue weighted by atomic mass is 10.1. The third-order valence-electron chi connectivity index (χ3n) is 2.84. The third-order valence-corrected chi connectivity index (χ3v) is 2.84. The molecule has 1 aromatic rings. The van der Waals surface area contributed by atoms with Crippen LogP contribution in [0.2, 0.25) is 0 Å². The van der Waals surface area contributed by atoms with E-state index in [2.05, 4.69) is 4.74 Å². The minimum atomic E-state index is -0.447. The van der Waals surface area contributed by atoms with Crippen LogP contribution in [0.4, 0.5) is 5.69 Å². The first kappa shape index (κ1) is 15.9. The lowest BCUT2D eigenvalue weighted by Gasteiger charge is -2.17. The predicted octanol–water partition coefficient (Wildman–Crippen LogP) is 1.60. The van der Waals surface area contributed by atoms with Crippen LogP contribution in [0.3, 0.4) is 0 Å². The molecule has 0 amide bonds. The molecule has 0 aliphatic rings. The number of hydrogen-bond acceptors (Lipinski definition) is 6. The molecule has 0 aliphatic carbocycles. The number of carbonyl (C=O) groups excluding carboxylic acids is 1. The predicted molar refractivity (Wildman–Crippen MR) is 72.6 cm³/mol. The monoisotopic (exact) mass is 282 g/mol. The van der Waals surface area contributed by atoms with Crippen molar-refractivity contribution in [3.8, 4) is 5.75 Å². The van der Waals surface area contributed by atoms with Crippen molar-refractivity contribution in [1.82, 2.24) is 4.90 Å². The molecule has 7 heteroatoms. The Labute approximate surface area is 117 Å². The van der Waals surface area contributed by atoms with E-state index in [-0.39, 0.29) is 18.1 Å². The van der Waals surface area contributed by atoms with Gasteiger partial charge in [-0.25, -0.2) is 0 Å².